The second kappa shape index (κ2) is 2.51. The smallest absolute Gasteiger partial charge is 0.0272 e. The van der Waals surface area contributed by atoms with Crippen LogP contribution in [0.15, 0.2) is 31.0 Å². The summed E-state index contributed by atoms with van der Waals surface area (Å²) in [6.07, 6.45) is 6.75. The van der Waals surface area contributed by atoms with Gasteiger partial charge >= 0.3 is 0 Å². The van der Waals surface area contributed by atoms with Crippen LogP contribution in [0, 0.1) is 0 Å². The van der Waals surface area contributed by atoms with Gasteiger partial charge in [-0.2, -0.15) is 0 Å². The van der Waals surface area contributed by atoms with E-state index in [0.29, 0.717) is 0 Å². The minimum Gasteiger partial charge on any atom is -0.351 e. The molecule has 0 radical (unpaired) electrons. The Morgan fingerprint density at radius 1 is 1.67 bits per heavy atom. The van der Waals surface area contributed by atoms with Crippen molar-refractivity contribution in [2.45, 2.75) is 31.7 Å². The molecule has 0 fully saturated rings. The lowest BCUT2D eigenvalue weighted by molar-refractivity contribution is 0.400. The van der Waals surface area contributed by atoms with Crippen molar-refractivity contribution in [1.82, 2.24) is 4.57 Å². The van der Waals surface area contributed by atoms with Gasteiger partial charge in [0, 0.05) is 23.9 Å². The maximum Gasteiger partial charge on any atom is 0.0272 e. The Balaban J connectivity index is 2.50. The monoisotopic (exact) mass is 161 g/mol. The molecule has 1 atom stereocenters. The van der Waals surface area contributed by atoms with Crippen LogP contribution >= 0.6 is 0 Å². The van der Waals surface area contributed by atoms with Gasteiger partial charge in [-0.25, -0.2) is 0 Å². The minimum absolute atomic E-state index is 0.210. The first kappa shape index (κ1) is 7.66. The van der Waals surface area contributed by atoms with Gasteiger partial charge in [-0.15, -0.1) is 6.58 Å². The molecular formula is C11H15N. The second-order valence-corrected chi connectivity index (χ2v) is 3.81. The fourth-order valence-electron chi connectivity index (χ4n) is 2.08. The number of rotatable bonds is 1. The Bertz CT molecular complexity index is 298. The van der Waals surface area contributed by atoms with Crippen LogP contribution in [0.1, 0.15) is 25.5 Å². The summed E-state index contributed by atoms with van der Waals surface area (Å²) in [4.78, 5) is 0. The van der Waals surface area contributed by atoms with Crippen molar-refractivity contribution in [3.05, 3.63) is 36.7 Å². The number of fused-ring (bicyclic) bond motifs is 1. The van der Waals surface area contributed by atoms with Crippen LogP contribution in [0.3, 0.4) is 0 Å². The molecule has 64 valence electrons. The Kier molecular flexibility index (Phi) is 1.60. The second-order valence-electron chi connectivity index (χ2n) is 3.81. The van der Waals surface area contributed by atoms with Crippen molar-refractivity contribution in [2.75, 3.05) is 0 Å². The largest absolute Gasteiger partial charge is 0.351 e. The Labute approximate surface area is 73.7 Å². The van der Waals surface area contributed by atoms with E-state index in [4.69, 9.17) is 0 Å². The lowest BCUT2D eigenvalue weighted by Gasteiger charge is -2.32. The van der Waals surface area contributed by atoms with E-state index in [9.17, 15) is 0 Å². The first-order chi connectivity index (χ1) is 5.76. The maximum atomic E-state index is 3.92. The predicted octanol–water partition coefficient (Wildman–Crippen LogP) is 2.73. The number of aryl methyl sites for hydroxylation is 1. The van der Waals surface area contributed by atoms with Crippen LogP contribution in [-0.2, 0) is 12.0 Å². The van der Waals surface area contributed by atoms with Gasteiger partial charge in [-0.05, 0) is 25.0 Å². The highest BCUT2D eigenvalue weighted by atomic mass is 15.0. The van der Waals surface area contributed by atoms with Crippen molar-refractivity contribution < 1.29 is 0 Å². The molecule has 2 heterocycles. The number of hydrogen-bond donors (Lipinski definition) is 0. The molecule has 1 heteroatoms. The summed E-state index contributed by atoms with van der Waals surface area (Å²) in [7, 11) is 0. The minimum atomic E-state index is 0.210. The molecule has 0 spiro atoms. The molecule has 1 aliphatic heterocycles. The van der Waals surface area contributed by atoms with Crippen molar-refractivity contribution in [3.8, 4) is 0 Å². The summed E-state index contributed by atoms with van der Waals surface area (Å²) in [5, 5.41) is 0. The maximum absolute atomic E-state index is 3.92. The van der Waals surface area contributed by atoms with Crippen molar-refractivity contribution in [3.63, 3.8) is 0 Å². The van der Waals surface area contributed by atoms with Gasteiger partial charge in [0.05, 0.1) is 0 Å². The zero-order valence-corrected chi connectivity index (χ0v) is 7.59. The first-order valence-corrected chi connectivity index (χ1v) is 4.55. The summed E-state index contributed by atoms with van der Waals surface area (Å²) < 4.78 is 2.34. The third-order valence-corrected chi connectivity index (χ3v) is 2.96. The summed E-state index contributed by atoms with van der Waals surface area (Å²) >= 11 is 0. The van der Waals surface area contributed by atoms with Crippen molar-refractivity contribution >= 4 is 0 Å². The average Bonchev–Trinajstić information content (AvgIpc) is 2.54. The molecule has 1 aliphatic rings. The number of aromatic nitrogens is 1. The molecule has 0 N–H and O–H groups in total. The van der Waals surface area contributed by atoms with Crippen LogP contribution in [-0.4, -0.2) is 4.57 Å². The van der Waals surface area contributed by atoms with E-state index in [0.717, 1.165) is 0 Å². The predicted molar refractivity (Wildman–Crippen MR) is 51.2 cm³/mol. The molecule has 0 amide bonds. The summed E-state index contributed by atoms with van der Waals surface area (Å²) in [5.74, 6) is 0. The van der Waals surface area contributed by atoms with E-state index in [-0.39, 0.29) is 5.41 Å². The lowest BCUT2D eigenvalue weighted by Crippen LogP contribution is -2.27. The van der Waals surface area contributed by atoms with E-state index < -0.39 is 0 Å². The molecule has 2 rings (SSSR count). The van der Waals surface area contributed by atoms with Gasteiger partial charge in [0.15, 0.2) is 0 Å². The van der Waals surface area contributed by atoms with Crippen LogP contribution in [0.4, 0.5) is 0 Å². The molecule has 1 aromatic heterocycles. The zero-order chi connectivity index (χ0) is 8.60. The molecule has 0 aliphatic carbocycles. The molecule has 0 aromatic carbocycles. The quantitative estimate of drug-likeness (QED) is 0.558. The normalized spacial score (nSPS) is 28.1. The van der Waals surface area contributed by atoms with Gasteiger partial charge in [0.1, 0.15) is 0 Å². The van der Waals surface area contributed by atoms with Crippen molar-refractivity contribution in [2.24, 2.45) is 0 Å². The third-order valence-electron chi connectivity index (χ3n) is 2.96. The molecule has 0 saturated heterocycles. The highest BCUT2D eigenvalue weighted by Crippen LogP contribution is 2.34. The zero-order valence-electron chi connectivity index (χ0n) is 7.59. The van der Waals surface area contributed by atoms with E-state index in [1.807, 2.05) is 0 Å². The SMILES string of the molecule is C=CC1(C)CCCn2cccc21. The molecule has 1 unspecified atom stereocenters. The summed E-state index contributed by atoms with van der Waals surface area (Å²) in [6.45, 7) is 7.36. The third kappa shape index (κ3) is 0.927. The molecule has 12 heavy (non-hydrogen) atoms. The van der Waals surface area contributed by atoms with E-state index in [2.05, 4.69) is 42.5 Å². The molecule has 0 bridgehead atoms. The number of nitrogens with zero attached hydrogens (tertiary/aromatic N) is 1. The Morgan fingerprint density at radius 2 is 2.50 bits per heavy atom. The van der Waals surface area contributed by atoms with Crippen LogP contribution in [0.5, 0.6) is 0 Å². The van der Waals surface area contributed by atoms with Gasteiger partial charge in [0.2, 0.25) is 0 Å². The van der Waals surface area contributed by atoms with Crippen LogP contribution in [0.25, 0.3) is 0 Å². The fraction of sp³-hybridized carbons (Fsp3) is 0.455. The number of hydrogen-bond acceptors (Lipinski definition) is 0. The first-order valence-electron chi connectivity index (χ1n) is 4.55. The highest BCUT2D eigenvalue weighted by Gasteiger charge is 2.28. The van der Waals surface area contributed by atoms with Gasteiger partial charge in [0.25, 0.3) is 0 Å². The lowest BCUT2D eigenvalue weighted by atomic mass is 9.80. The van der Waals surface area contributed by atoms with Crippen molar-refractivity contribution in [1.29, 1.82) is 0 Å². The average molecular weight is 161 g/mol. The summed E-state index contributed by atoms with van der Waals surface area (Å²) in [5.41, 5.74) is 1.63. The van der Waals surface area contributed by atoms with E-state index >= 15 is 0 Å². The molecule has 1 nitrogen and oxygen atoms in total. The highest BCUT2D eigenvalue weighted by molar-refractivity contribution is 5.25. The van der Waals surface area contributed by atoms with Crippen LogP contribution in [0.2, 0.25) is 0 Å². The van der Waals surface area contributed by atoms with E-state index in [1.165, 1.54) is 25.1 Å². The Hall–Kier alpha value is -0.980. The van der Waals surface area contributed by atoms with Crippen LogP contribution < -0.4 is 0 Å². The number of allylic oxidation sites excluding steroid dienone is 1. The van der Waals surface area contributed by atoms with E-state index in [1.54, 1.807) is 0 Å². The van der Waals surface area contributed by atoms with Gasteiger partial charge in [-0.1, -0.05) is 13.0 Å². The molecular weight excluding hydrogens is 146 g/mol. The molecule has 1 aromatic rings. The Morgan fingerprint density at radius 3 is 3.25 bits per heavy atom. The van der Waals surface area contributed by atoms with Gasteiger partial charge < -0.3 is 4.57 Å². The fourth-order valence-corrected chi connectivity index (χ4v) is 2.08. The topological polar surface area (TPSA) is 4.93 Å². The standard InChI is InChI=1S/C11H15N/c1-3-11(2)7-5-9-12-8-4-6-10(11)12/h3-4,6,8H,1,5,7,9H2,2H3. The molecule has 0 saturated carbocycles. The summed E-state index contributed by atoms with van der Waals surface area (Å²) in [6, 6.07) is 4.34. The van der Waals surface area contributed by atoms with Gasteiger partial charge in [-0.3, -0.25) is 0 Å².